The number of carbonyl (C=O) groups is 3. The number of aryl methyl sites for hydroxylation is 1. The summed E-state index contributed by atoms with van der Waals surface area (Å²) in [6.07, 6.45) is 11.8. The monoisotopic (exact) mass is 471 g/mol. The van der Waals surface area contributed by atoms with E-state index in [1.165, 1.54) is 44.6 Å². The lowest BCUT2D eigenvalue weighted by Gasteiger charge is -2.08. The van der Waals surface area contributed by atoms with Gasteiger partial charge in [0, 0.05) is 30.7 Å². The second kappa shape index (κ2) is 14.9. The predicted octanol–water partition coefficient (Wildman–Crippen LogP) is 6.71. The Morgan fingerprint density at radius 2 is 1.41 bits per heavy atom. The van der Waals surface area contributed by atoms with Crippen LogP contribution in [0, 0.1) is 0 Å². The number of nitrogens with zero attached hydrogens (tertiary/aromatic N) is 1. The van der Waals surface area contributed by atoms with Gasteiger partial charge in [0.05, 0.1) is 6.54 Å². The van der Waals surface area contributed by atoms with Crippen molar-refractivity contribution >= 4 is 17.9 Å². The van der Waals surface area contributed by atoms with Crippen LogP contribution in [0.5, 0.6) is 5.88 Å². The average molecular weight is 472 g/mol. The summed E-state index contributed by atoms with van der Waals surface area (Å²) in [7, 11) is 0. The van der Waals surface area contributed by atoms with Crippen molar-refractivity contribution in [3.05, 3.63) is 53.2 Å². The molecule has 0 aliphatic carbocycles. The van der Waals surface area contributed by atoms with Crippen LogP contribution in [0.15, 0.2) is 36.5 Å². The summed E-state index contributed by atoms with van der Waals surface area (Å²) in [6.45, 7) is 2.55. The van der Waals surface area contributed by atoms with E-state index in [0.717, 1.165) is 30.4 Å². The van der Waals surface area contributed by atoms with Crippen LogP contribution in [0.1, 0.15) is 99.0 Å². The molecule has 2 aromatic rings. The number of hydrogen-bond acceptors (Lipinski definition) is 4. The Hall–Kier alpha value is -3.09. The van der Waals surface area contributed by atoms with E-state index in [2.05, 4.69) is 6.92 Å². The molecule has 0 radical (unpaired) electrons. The van der Waals surface area contributed by atoms with Crippen molar-refractivity contribution in [2.75, 3.05) is 0 Å². The maximum absolute atomic E-state index is 12.7. The first-order valence-electron chi connectivity index (χ1n) is 12.3. The highest BCUT2D eigenvalue weighted by molar-refractivity contribution is 5.96. The van der Waals surface area contributed by atoms with Gasteiger partial charge in [0.25, 0.3) is 0 Å². The fraction of sp³-hybridized carbons (Fsp3) is 0.519. The van der Waals surface area contributed by atoms with Crippen molar-refractivity contribution in [3.63, 3.8) is 0 Å². The molecule has 0 spiro atoms. The number of unbranched alkanes of at least 4 members (excludes halogenated alkanes) is 8. The van der Waals surface area contributed by atoms with Gasteiger partial charge in [-0.1, -0.05) is 82.6 Å². The predicted molar refractivity (Wildman–Crippen MR) is 131 cm³/mol. The Balaban J connectivity index is 1.89. The number of aromatic nitrogens is 1. The molecule has 0 amide bonds. The van der Waals surface area contributed by atoms with E-state index in [4.69, 9.17) is 14.9 Å². The molecule has 0 aliphatic rings. The fourth-order valence-corrected chi connectivity index (χ4v) is 3.94. The number of carboxylic acid groups (broad SMARTS) is 2. The van der Waals surface area contributed by atoms with Crippen LogP contribution in [-0.4, -0.2) is 32.7 Å². The van der Waals surface area contributed by atoms with E-state index in [-0.39, 0.29) is 18.1 Å². The topological polar surface area (TPSA) is 106 Å². The summed E-state index contributed by atoms with van der Waals surface area (Å²) in [5.74, 6) is -0.745. The number of hydrogen-bond donors (Lipinski definition) is 2. The largest absolute Gasteiger partial charge is 0.512 e. The molecule has 0 saturated carbocycles. The molecule has 34 heavy (non-hydrogen) atoms. The van der Waals surface area contributed by atoms with Crippen LogP contribution in [0.4, 0.5) is 4.79 Å². The molecule has 1 aromatic heterocycles. The number of aliphatic carboxylic acids is 1. The maximum atomic E-state index is 12.7. The Kier molecular flexibility index (Phi) is 11.9. The van der Waals surface area contributed by atoms with Gasteiger partial charge in [-0.25, -0.2) is 4.79 Å². The minimum absolute atomic E-state index is 0.0130. The van der Waals surface area contributed by atoms with Crippen molar-refractivity contribution in [1.82, 2.24) is 4.57 Å². The van der Waals surface area contributed by atoms with E-state index in [1.807, 2.05) is 24.3 Å². The minimum Gasteiger partial charge on any atom is -0.481 e. The smallest absolute Gasteiger partial charge is 0.481 e. The van der Waals surface area contributed by atoms with E-state index < -0.39 is 12.1 Å². The number of ether oxygens (including phenoxy) is 1. The summed E-state index contributed by atoms with van der Waals surface area (Å²) in [6, 6.07) is 8.94. The highest BCUT2D eigenvalue weighted by atomic mass is 16.7. The highest BCUT2D eigenvalue weighted by Crippen LogP contribution is 2.22. The third-order valence-corrected chi connectivity index (χ3v) is 5.88. The second-order valence-corrected chi connectivity index (χ2v) is 8.77. The number of rotatable bonds is 17. The molecular weight excluding hydrogens is 434 g/mol. The molecule has 0 fully saturated rings. The standard InChI is InChI=1S/C27H37NO6/c1-2-3-4-5-6-7-8-9-10-11-24(29)23-18-25(34-27(32)33)28(20-23)19-22-14-12-21(13-15-22)16-17-26(30)31/h12-15,18,20H,2-11,16-17,19H2,1H3,(H,30,31)(H,32,33). The van der Waals surface area contributed by atoms with Crippen molar-refractivity contribution in [1.29, 1.82) is 0 Å². The zero-order valence-electron chi connectivity index (χ0n) is 20.1. The molecule has 1 heterocycles. The Morgan fingerprint density at radius 1 is 0.824 bits per heavy atom. The summed E-state index contributed by atoms with van der Waals surface area (Å²) in [5, 5.41) is 17.9. The minimum atomic E-state index is -1.43. The van der Waals surface area contributed by atoms with Crippen molar-refractivity contribution < 1.29 is 29.3 Å². The molecule has 186 valence electrons. The zero-order chi connectivity index (χ0) is 24.8. The third kappa shape index (κ3) is 10.2. The highest BCUT2D eigenvalue weighted by Gasteiger charge is 2.16. The van der Waals surface area contributed by atoms with Crippen molar-refractivity contribution in [2.24, 2.45) is 0 Å². The van der Waals surface area contributed by atoms with Crippen LogP contribution in [-0.2, 0) is 17.8 Å². The lowest BCUT2D eigenvalue weighted by Crippen LogP contribution is -2.08. The van der Waals surface area contributed by atoms with Gasteiger partial charge < -0.3 is 19.5 Å². The van der Waals surface area contributed by atoms with Gasteiger partial charge in [-0.2, -0.15) is 0 Å². The number of benzene rings is 1. The van der Waals surface area contributed by atoms with Crippen molar-refractivity contribution in [3.8, 4) is 5.88 Å². The van der Waals surface area contributed by atoms with E-state index in [0.29, 0.717) is 24.9 Å². The zero-order valence-corrected chi connectivity index (χ0v) is 20.1. The van der Waals surface area contributed by atoms with Gasteiger partial charge in [0.1, 0.15) is 0 Å². The first kappa shape index (κ1) is 27.2. The lowest BCUT2D eigenvalue weighted by atomic mass is 10.0. The van der Waals surface area contributed by atoms with Gasteiger partial charge in [0.15, 0.2) is 5.78 Å². The average Bonchev–Trinajstić information content (AvgIpc) is 3.19. The van der Waals surface area contributed by atoms with E-state index in [9.17, 15) is 14.4 Å². The molecule has 0 saturated heterocycles. The lowest BCUT2D eigenvalue weighted by molar-refractivity contribution is -0.136. The van der Waals surface area contributed by atoms with Gasteiger partial charge in [-0.3, -0.25) is 9.59 Å². The molecule has 2 N–H and O–H groups in total. The number of carboxylic acids is 1. The van der Waals surface area contributed by atoms with Crippen LogP contribution in [0.2, 0.25) is 0 Å². The van der Waals surface area contributed by atoms with Crippen LogP contribution >= 0.6 is 0 Å². The molecule has 7 heteroatoms. The molecule has 0 unspecified atom stereocenters. The number of ketones is 1. The van der Waals surface area contributed by atoms with Gasteiger partial charge >= 0.3 is 12.1 Å². The van der Waals surface area contributed by atoms with Gasteiger partial charge in [-0.05, 0) is 24.0 Å². The third-order valence-electron chi connectivity index (χ3n) is 5.88. The first-order chi connectivity index (χ1) is 16.4. The first-order valence-corrected chi connectivity index (χ1v) is 12.3. The normalized spacial score (nSPS) is 10.9. The van der Waals surface area contributed by atoms with Gasteiger partial charge in [-0.15, -0.1) is 0 Å². The van der Waals surface area contributed by atoms with E-state index >= 15 is 0 Å². The number of Topliss-reactive ketones (excluding diaryl/α,β-unsaturated/α-hetero) is 1. The molecule has 0 bridgehead atoms. The molecule has 1 aromatic carbocycles. The summed E-state index contributed by atoms with van der Waals surface area (Å²) >= 11 is 0. The van der Waals surface area contributed by atoms with Gasteiger partial charge in [0.2, 0.25) is 5.88 Å². The molecule has 7 nitrogen and oxygen atoms in total. The fourth-order valence-electron chi connectivity index (χ4n) is 3.94. The Bertz CT molecular complexity index is 916. The van der Waals surface area contributed by atoms with E-state index in [1.54, 1.807) is 10.8 Å². The van der Waals surface area contributed by atoms with Crippen LogP contribution in [0.25, 0.3) is 0 Å². The SMILES string of the molecule is CCCCCCCCCCCC(=O)c1cc(OC(=O)O)n(Cc2ccc(CCC(=O)O)cc2)c1. The summed E-state index contributed by atoms with van der Waals surface area (Å²) < 4.78 is 6.51. The Morgan fingerprint density at radius 3 is 2.00 bits per heavy atom. The molecule has 0 aliphatic heterocycles. The van der Waals surface area contributed by atoms with Crippen LogP contribution in [0.3, 0.4) is 0 Å². The Labute approximate surface area is 201 Å². The quantitative estimate of drug-likeness (QED) is 0.151. The maximum Gasteiger partial charge on any atom is 0.512 e. The summed E-state index contributed by atoms with van der Waals surface area (Å²) in [4.78, 5) is 34.5. The second-order valence-electron chi connectivity index (χ2n) is 8.77. The molecular formula is C27H37NO6. The number of carbonyl (C=O) groups excluding carboxylic acids is 1. The molecule has 0 atom stereocenters. The molecule has 2 rings (SSSR count). The van der Waals surface area contributed by atoms with Crippen molar-refractivity contribution in [2.45, 2.75) is 90.5 Å². The van der Waals surface area contributed by atoms with Crippen LogP contribution < -0.4 is 4.74 Å². The summed E-state index contributed by atoms with van der Waals surface area (Å²) in [5.41, 5.74) is 2.26.